The number of nitrogens with two attached hydrogens (primary N) is 1. The van der Waals surface area contributed by atoms with Crippen molar-refractivity contribution in [1.82, 2.24) is 4.90 Å². The molecule has 1 fully saturated rings. The predicted molar refractivity (Wildman–Crippen MR) is 70.3 cm³/mol. The van der Waals surface area contributed by atoms with Gasteiger partial charge in [0.1, 0.15) is 0 Å². The molecule has 110 valence electrons. The van der Waals surface area contributed by atoms with Crippen LogP contribution in [0.2, 0.25) is 0 Å². The van der Waals surface area contributed by atoms with Gasteiger partial charge in [0.2, 0.25) is 0 Å². The molecule has 0 bridgehead atoms. The van der Waals surface area contributed by atoms with Gasteiger partial charge < -0.3 is 10.6 Å². The topological polar surface area (TPSA) is 46.3 Å². The summed E-state index contributed by atoms with van der Waals surface area (Å²) in [7, 11) is 0. The Bertz CT molecular complexity index is 506. The summed E-state index contributed by atoms with van der Waals surface area (Å²) < 4.78 is 37.8. The Hall–Kier alpha value is -1.72. The van der Waals surface area contributed by atoms with Crippen molar-refractivity contribution in [2.24, 2.45) is 5.92 Å². The highest BCUT2D eigenvalue weighted by atomic mass is 19.4. The highest BCUT2D eigenvalue weighted by Gasteiger charge is 2.41. The van der Waals surface area contributed by atoms with E-state index in [1.54, 1.807) is 25.1 Å². The highest BCUT2D eigenvalue weighted by molar-refractivity contribution is 5.96. The summed E-state index contributed by atoms with van der Waals surface area (Å²) in [6.45, 7) is 2.01. The lowest BCUT2D eigenvalue weighted by molar-refractivity contribution is -0.183. The van der Waals surface area contributed by atoms with Crippen LogP contribution >= 0.6 is 0 Å². The van der Waals surface area contributed by atoms with Crippen molar-refractivity contribution < 1.29 is 18.0 Å². The first kappa shape index (κ1) is 14.7. The molecule has 1 aromatic rings. The molecule has 0 saturated carbocycles. The smallest absolute Gasteiger partial charge is 0.391 e. The number of amides is 1. The van der Waals surface area contributed by atoms with Gasteiger partial charge in [0.25, 0.3) is 5.91 Å². The molecule has 2 N–H and O–H groups in total. The zero-order chi connectivity index (χ0) is 14.9. The molecule has 6 heteroatoms. The second-order valence-electron chi connectivity index (χ2n) is 5.13. The zero-order valence-corrected chi connectivity index (χ0v) is 11.2. The van der Waals surface area contributed by atoms with Crippen molar-refractivity contribution >= 4 is 11.6 Å². The number of alkyl halides is 3. The Morgan fingerprint density at radius 3 is 2.45 bits per heavy atom. The van der Waals surface area contributed by atoms with Crippen molar-refractivity contribution in [2.45, 2.75) is 25.9 Å². The van der Waals surface area contributed by atoms with Crippen LogP contribution in [0.3, 0.4) is 0 Å². The number of hydrogen-bond donors (Lipinski definition) is 1. The third-order valence-corrected chi connectivity index (χ3v) is 3.85. The number of likely N-dealkylation sites (tertiary alicyclic amines) is 1. The summed E-state index contributed by atoms with van der Waals surface area (Å²) in [5, 5.41) is 0. The molecular weight excluding hydrogens is 269 g/mol. The minimum atomic E-state index is -4.16. The van der Waals surface area contributed by atoms with E-state index < -0.39 is 12.1 Å². The van der Waals surface area contributed by atoms with Gasteiger partial charge in [-0.25, -0.2) is 0 Å². The van der Waals surface area contributed by atoms with Gasteiger partial charge in [0.05, 0.1) is 5.92 Å². The van der Waals surface area contributed by atoms with E-state index >= 15 is 0 Å². The molecular formula is C14H17F3N2O. The van der Waals surface area contributed by atoms with E-state index in [1.165, 1.54) is 4.90 Å². The van der Waals surface area contributed by atoms with Gasteiger partial charge >= 0.3 is 6.18 Å². The molecule has 1 heterocycles. The molecule has 1 saturated heterocycles. The van der Waals surface area contributed by atoms with Crippen LogP contribution in [0.1, 0.15) is 28.8 Å². The number of carbonyl (C=O) groups is 1. The minimum absolute atomic E-state index is 0.0311. The Morgan fingerprint density at radius 2 is 1.90 bits per heavy atom. The molecule has 0 spiro atoms. The van der Waals surface area contributed by atoms with Crippen LogP contribution in [0.15, 0.2) is 18.2 Å². The highest BCUT2D eigenvalue weighted by Crippen LogP contribution is 2.34. The fourth-order valence-electron chi connectivity index (χ4n) is 2.47. The Morgan fingerprint density at radius 1 is 1.30 bits per heavy atom. The summed E-state index contributed by atoms with van der Waals surface area (Å²) in [5.74, 6) is -1.54. The average Bonchev–Trinajstić information content (AvgIpc) is 2.40. The van der Waals surface area contributed by atoms with Gasteiger partial charge in [-0.05, 0) is 37.5 Å². The molecule has 0 atom stereocenters. The van der Waals surface area contributed by atoms with Crippen LogP contribution in [0.4, 0.5) is 18.9 Å². The number of hydrogen-bond acceptors (Lipinski definition) is 2. The van der Waals surface area contributed by atoms with E-state index in [9.17, 15) is 18.0 Å². The van der Waals surface area contributed by atoms with Crippen molar-refractivity contribution in [3.8, 4) is 0 Å². The number of nitrogen functional groups attached to an aromatic ring is 1. The van der Waals surface area contributed by atoms with Crippen LogP contribution in [0.5, 0.6) is 0 Å². The number of benzene rings is 1. The standard InChI is InChI=1S/C14H17F3N2O/c1-9-11(3-2-4-12(9)18)13(20)19-7-5-10(6-8-19)14(15,16)17/h2-4,10H,5-8,18H2,1H3. The summed E-state index contributed by atoms with van der Waals surface area (Å²) in [5.41, 5.74) is 7.41. The fourth-order valence-corrected chi connectivity index (χ4v) is 2.47. The second-order valence-corrected chi connectivity index (χ2v) is 5.13. The van der Waals surface area contributed by atoms with Crippen LogP contribution in [0, 0.1) is 12.8 Å². The third kappa shape index (κ3) is 2.89. The van der Waals surface area contributed by atoms with Crippen molar-refractivity contribution in [3.63, 3.8) is 0 Å². The van der Waals surface area contributed by atoms with Crippen LogP contribution in [0.25, 0.3) is 0 Å². The lowest BCUT2D eigenvalue weighted by Crippen LogP contribution is -2.42. The van der Waals surface area contributed by atoms with Crippen molar-refractivity contribution in [1.29, 1.82) is 0 Å². The largest absolute Gasteiger partial charge is 0.398 e. The summed E-state index contributed by atoms with van der Waals surface area (Å²) >= 11 is 0. The Kier molecular flexibility index (Phi) is 3.92. The van der Waals surface area contributed by atoms with Gasteiger partial charge in [-0.15, -0.1) is 0 Å². The molecule has 1 aromatic carbocycles. The quantitative estimate of drug-likeness (QED) is 0.807. The molecule has 1 aliphatic rings. The van der Waals surface area contributed by atoms with E-state index in [4.69, 9.17) is 5.73 Å². The molecule has 0 unspecified atom stereocenters. The van der Waals surface area contributed by atoms with E-state index in [2.05, 4.69) is 0 Å². The number of rotatable bonds is 1. The Labute approximate surface area is 115 Å². The van der Waals surface area contributed by atoms with Crippen LogP contribution in [-0.2, 0) is 0 Å². The first-order valence-electron chi connectivity index (χ1n) is 6.51. The lowest BCUT2D eigenvalue weighted by Gasteiger charge is -2.33. The van der Waals surface area contributed by atoms with Gasteiger partial charge in [0, 0.05) is 24.3 Å². The summed E-state index contributed by atoms with van der Waals surface area (Å²) in [6.07, 6.45) is -4.23. The summed E-state index contributed by atoms with van der Waals surface area (Å²) in [6, 6.07) is 5.03. The maximum Gasteiger partial charge on any atom is 0.391 e. The molecule has 1 amide bonds. The first-order chi connectivity index (χ1) is 9.30. The Balaban J connectivity index is 2.07. The first-order valence-corrected chi connectivity index (χ1v) is 6.51. The minimum Gasteiger partial charge on any atom is -0.398 e. The van der Waals surface area contributed by atoms with E-state index in [1.807, 2.05) is 0 Å². The molecule has 1 aliphatic heterocycles. The fraction of sp³-hybridized carbons (Fsp3) is 0.500. The molecule has 0 aromatic heterocycles. The van der Waals surface area contributed by atoms with Gasteiger partial charge in [-0.1, -0.05) is 6.07 Å². The normalized spacial score (nSPS) is 17.3. The summed E-state index contributed by atoms with van der Waals surface area (Å²) in [4.78, 5) is 13.8. The van der Waals surface area contributed by atoms with Crippen molar-refractivity contribution in [3.05, 3.63) is 29.3 Å². The molecule has 0 aliphatic carbocycles. The molecule has 2 rings (SSSR count). The molecule has 20 heavy (non-hydrogen) atoms. The lowest BCUT2D eigenvalue weighted by atomic mass is 9.95. The number of carbonyl (C=O) groups excluding carboxylic acids is 1. The maximum atomic E-state index is 12.6. The van der Waals surface area contributed by atoms with E-state index in [-0.39, 0.29) is 31.8 Å². The van der Waals surface area contributed by atoms with Crippen LogP contribution < -0.4 is 5.73 Å². The van der Waals surface area contributed by atoms with E-state index in [0.717, 1.165) is 0 Å². The molecule has 3 nitrogen and oxygen atoms in total. The van der Waals surface area contributed by atoms with Crippen molar-refractivity contribution in [2.75, 3.05) is 18.8 Å². The van der Waals surface area contributed by atoms with E-state index in [0.29, 0.717) is 16.8 Å². The van der Waals surface area contributed by atoms with Gasteiger partial charge in [-0.2, -0.15) is 13.2 Å². The monoisotopic (exact) mass is 286 g/mol. The number of piperidine rings is 1. The average molecular weight is 286 g/mol. The van der Waals surface area contributed by atoms with Crippen LogP contribution in [-0.4, -0.2) is 30.1 Å². The predicted octanol–water partition coefficient (Wildman–Crippen LogP) is 2.99. The van der Waals surface area contributed by atoms with Gasteiger partial charge in [0.15, 0.2) is 0 Å². The zero-order valence-electron chi connectivity index (χ0n) is 11.2. The second kappa shape index (κ2) is 5.34. The molecule has 0 radical (unpaired) electrons. The third-order valence-electron chi connectivity index (χ3n) is 3.85. The SMILES string of the molecule is Cc1c(N)cccc1C(=O)N1CCC(C(F)(F)F)CC1. The maximum absolute atomic E-state index is 12.6. The van der Waals surface area contributed by atoms with Gasteiger partial charge in [-0.3, -0.25) is 4.79 Å². The number of halogens is 3. The number of nitrogens with zero attached hydrogens (tertiary/aromatic N) is 1. The number of anilines is 1.